The summed E-state index contributed by atoms with van der Waals surface area (Å²) in [6.07, 6.45) is 5.34. The summed E-state index contributed by atoms with van der Waals surface area (Å²) in [6.45, 7) is 0.700. The largest absolute Gasteiger partial charge is 0.333 e. The van der Waals surface area contributed by atoms with E-state index >= 15 is 0 Å². The molecule has 0 aliphatic carbocycles. The number of imidazole rings is 1. The van der Waals surface area contributed by atoms with Crippen molar-refractivity contribution in [1.82, 2.24) is 9.55 Å². The van der Waals surface area contributed by atoms with Gasteiger partial charge in [0.2, 0.25) is 0 Å². The van der Waals surface area contributed by atoms with Gasteiger partial charge in [-0.3, -0.25) is 4.79 Å². The van der Waals surface area contributed by atoms with Gasteiger partial charge >= 0.3 is 0 Å². The molecule has 0 bridgehead atoms. The van der Waals surface area contributed by atoms with E-state index in [0.717, 1.165) is 5.56 Å². The molecule has 0 atom stereocenters. The fourth-order valence-electron chi connectivity index (χ4n) is 2.12. The zero-order valence-corrected chi connectivity index (χ0v) is 11.7. The molecule has 0 fully saturated rings. The summed E-state index contributed by atoms with van der Waals surface area (Å²) in [5.41, 5.74) is 2.03. The van der Waals surface area contributed by atoms with Crippen LogP contribution in [-0.2, 0) is 6.54 Å². The molecule has 2 aromatic carbocycles. The lowest BCUT2D eigenvalue weighted by molar-refractivity contribution is 0.102. The van der Waals surface area contributed by atoms with Gasteiger partial charge in [0.1, 0.15) is 5.82 Å². The molecule has 0 saturated heterocycles. The second kappa shape index (κ2) is 6.22. The van der Waals surface area contributed by atoms with Gasteiger partial charge in [-0.05, 0) is 35.9 Å². The number of nitrogens with zero attached hydrogens (tertiary/aromatic N) is 2. The number of carbonyl (C=O) groups is 1. The van der Waals surface area contributed by atoms with Gasteiger partial charge < -0.3 is 9.88 Å². The minimum absolute atomic E-state index is 0.264. The second-order valence-corrected chi connectivity index (χ2v) is 4.90. The van der Waals surface area contributed by atoms with E-state index in [-0.39, 0.29) is 11.7 Å². The van der Waals surface area contributed by atoms with Crippen molar-refractivity contribution in [2.24, 2.45) is 0 Å². The van der Waals surface area contributed by atoms with Crippen molar-refractivity contribution in [3.63, 3.8) is 0 Å². The number of carbonyl (C=O) groups excluding carboxylic acids is 1. The van der Waals surface area contributed by atoms with Crippen molar-refractivity contribution in [3.05, 3.63) is 84.2 Å². The highest BCUT2D eigenvalue weighted by molar-refractivity contribution is 6.04. The summed E-state index contributed by atoms with van der Waals surface area (Å²) in [5.74, 6) is -0.645. The van der Waals surface area contributed by atoms with Crippen LogP contribution in [0.4, 0.5) is 10.1 Å². The highest BCUT2D eigenvalue weighted by Gasteiger charge is 2.06. The van der Waals surface area contributed by atoms with Gasteiger partial charge in [0, 0.05) is 30.2 Å². The maximum Gasteiger partial charge on any atom is 0.255 e. The lowest BCUT2D eigenvalue weighted by atomic mass is 10.1. The van der Waals surface area contributed by atoms with Crippen LogP contribution in [0.15, 0.2) is 67.3 Å². The topological polar surface area (TPSA) is 46.9 Å². The summed E-state index contributed by atoms with van der Waals surface area (Å²) < 4.78 is 15.0. The Morgan fingerprint density at radius 3 is 2.68 bits per heavy atom. The predicted molar refractivity (Wildman–Crippen MR) is 82.1 cm³/mol. The number of hydrogen-bond acceptors (Lipinski definition) is 2. The van der Waals surface area contributed by atoms with E-state index in [4.69, 9.17) is 0 Å². The molecule has 5 heteroatoms. The zero-order valence-electron chi connectivity index (χ0n) is 11.7. The third-order valence-corrected chi connectivity index (χ3v) is 3.22. The van der Waals surface area contributed by atoms with Gasteiger partial charge in [-0.15, -0.1) is 0 Å². The zero-order chi connectivity index (χ0) is 15.4. The Hall–Kier alpha value is -2.95. The van der Waals surface area contributed by atoms with Crippen LogP contribution >= 0.6 is 0 Å². The minimum atomic E-state index is -0.381. The average molecular weight is 295 g/mol. The van der Waals surface area contributed by atoms with E-state index in [1.807, 2.05) is 22.9 Å². The van der Waals surface area contributed by atoms with Gasteiger partial charge in [-0.25, -0.2) is 9.37 Å². The van der Waals surface area contributed by atoms with Crippen LogP contribution in [0.1, 0.15) is 15.9 Å². The van der Waals surface area contributed by atoms with Crippen molar-refractivity contribution in [2.45, 2.75) is 6.54 Å². The fourth-order valence-corrected chi connectivity index (χ4v) is 2.12. The van der Waals surface area contributed by atoms with E-state index in [9.17, 15) is 9.18 Å². The van der Waals surface area contributed by atoms with Crippen LogP contribution in [0, 0.1) is 5.82 Å². The molecule has 0 aliphatic rings. The molecule has 0 spiro atoms. The normalized spacial score (nSPS) is 10.4. The van der Waals surface area contributed by atoms with Crippen molar-refractivity contribution in [3.8, 4) is 0 Å². The quantitative estimate of drug-likeness (QED) is 0.802. The van der Waals surface area contributed by atoms with Gasteiger partial charge in [0.15, 0.2) is 0 Å². The van der Waals surface area contributed by atoms with Crippen LogP contribution in [0.25, 0.3) is 0 Å². The SMILES string of the molecule is O=C(Nc1cccc(F)c1)c1ccc(Cn2ccnc2)cc1. The van der Waals surface area contributed by atoms with Crippen molar-refractivity contribution in [2.75, 3.05) is 5.32 Å². The Labute approximate surface area is 127 Å². The molecule has 1 heterocycles. The molecule has 110 valence electrons. The third-order valence-electron chi connectivity index (χ3n) is 3.22. The van der Waals surface area contributed by atoms with E-state index in [1.165, 1.54) is 12.1 Å². The lowest BCUT2D eigenvalue weighted by Gasteiger charge is -2.07. The van der Waals surface area contributed by atoms with Crippen molar-refractivity contribution >= 4 is 11.6 Å². The third kappa shape index (κ3) is 3.38. The minimum Gasteiger partial charge on any atom is -0.333 e. The molecule has 3 aromatic rings. The van der Waals surface area contributed by atoms with E-state index in [2.05, 4.69) is 10.3 Å². The predicted octanol–water partition coefficient (Wildman–Crippen LogP) is 3.32. The Morgan fingerprint density at radius 1 is 1.18 bits per heavy atom. The number of halogens is 1. The van der Waals surface area contributed by atoms with E-state index < -0.39 is 0 Å². The van der Waals surface area contributed by atoms with Crippen molar-refractivity contribution in [1.29, 1.82) is 0 Å². The fraction of sp³-hybridized carbons (Fsp3) is 0.0588. The number of anilines is 1. The van der Waals surface area contributed by atoms with Gasteiger partial charge in [-0.2, -0.15) is 0 Å². The Kier molecular flexibility index (Phi) is 3.96. The number of aromatic nitrogens is 2. The molecule has 3 rings (SSSR count). The molecule has 1 aromatic heterocycles. The first kappa shape index (κ1) is 14.0. The number of nitrogens with one attached hydrogen (secondary N) is 1. The molecule has 0 saturated carbocycles. The molecule has 4 nitrogen and oxygen atoms in total. The molecular formula is C17H14FN3O. The van der Waals surface area contributed by atoms with Gasteiger partial charge in [-0.1, -0.05) is 18.2 Å². The first-order chi connectivity index (χ1) is 10.7. The van der Waals surface area contributed by atoms with E-state index in [1.54, 1.807) is 36.8 Å². The molecule has 22 heavy (non-hydrogen) atoms. The standard InChI is InChI=1S/C17H14FN3O/c18-15-2-1-3-16(10-15)20-17(22)14-6-4-13(5-7-14)11-21-9-8-19-12-21/h1-10,12H,11H2,(H,20,22). The summed E-state index contributed by atoms with van der Waals surface area (Å²) in [7, 11) is 0. The number of benzene rings is 2. The highest BCUT2D eigenvalue weighted by Crippen LogP contribution is 2.12. The second-order valence-electron chi connectivity index (χ2n) is 4.90. The lowest BCUT2D eigenvalue weighted by Crippen LogP contribution is -2.12. The molecule has 1 N–H and O–H groups in total. The van der Waals surface area contributed by atoms with Crippen molar-refractivity contribution < 1.29 is 9.18 Å². The van der Waals surface area contributed by atoms with Crippen LogP contribution in [-0.4, -0.2) is 15.5 Å². The van der Waals surface area contributed by atoms with Crippen LogP contribution in [0.3, 0.4) is 0 Å². The maximum absolute atomic E-state index is 13.1. The van der Waals surface area contributed by atoms with E-state index in [0.29, 0.717) is 17.8 Å². The summed E-state index contributed by atoms with van der Waals surface area (Å²) >= 11 is 0. The molecule has 1 amide bonds. The van der Waals surface area contributed by atoms with Gasteiger partial charge in [0.05, 0.1) is 6.33 Å². The Bertz CT molecular complexity index is 767. The van der Waals surface area contributed by atoms with Crippen LogP contribution < -0.4 is 5.32 Å². The molecule has 0 aliphatic heterocycles. The van der Waals surface area contributed by atoms with Gasteiger partial charge in [0.25, 0.3) is 5.91 Å². The first-order valence-corrected chi connectivity index (χ1v) is 6.82. The average Bonchev–Trinajstić information content (AvgIpc) is 3.01. The summed E-state index contributed by atoms with van der Waals surface area (Å²) in [5, 5.41) is 2.67. The Balaban J connectivity index is 1.68. The number of hydrogen-bond donors (Lipinski definition) is 1. The number of amides is 1. The Morgan fingerprint density at radius 2 is 2.00 bits per heavy atom. The molecule has 0 radical (unpaired) electrons. The molecular weight excluding hydrogens is 281 g/mol. The molecule has 0 unspecified atom stereocenters. The summed E-state index contributed by atoms with van der Waals surface area (Å²) in [4.78, 5) is 16.1. The number of rotatable bonds is 4. The first-order valence-electron chi connectivity index (χ1n) is 6.82. The van der Waals surface area contributed by atoms with Crippen LogP contribution in [0.2, 0.25) is 0 Å². The smallest absolute Gasteiger partial charge is 0.255 e. The van der Waals surface area contributed by atoms with Crippen LogP contribution in [0.5, 0.6) is 0 Å². The maximum atomic E-state index is 13.1. The summed E-state index contributed by atoms with van der Waals surface area (Å²) in [6, 6.07) is 13.1. The highest BCUT2D eigenvalue weighted by atomic mass is 19.1. The monoisotopic (exact) mass is 295 g/mol.